The van der Waals surface area contributed by atoms with Crippen LogP contribution in [0, 0.1) is 29.1 Å². The Morgan fingerprint density at radius 3 is 1.26 bits per heavy atom. The van der Waals surface area contributed by atoms with Crippen molar-refractivity contribution in [2.24, 2.45) is 29.1 Å². The lowest BCUT2D eigenvalue weighted by atomic mass is 9.73. The summed E-state index contributed by atoms with van der Waals surface area (Å²) in [5.74, 6) is -8.62. The third kappa shape index (κ3) is 26.2. The number of rotatable bonds is 39. The summed E-state index contributed by atoms with van der Waals surface area (Å²) in [6.45, 7) is 53.0. The minimum Gasteiger partial charge on any atom is -0.348 e. The molecular formula is C97H150N10O12S2. The molecule has 0 saturated heterocycles. The fourth-order valence-corrected chi connectivity index (χ4v) is 18.9. The zero-order valence-electron chi connectivity index (χ0n) is 79.0. The van der Waals surface area contributed by atoms with Gasteiger partial charge in [0.1, 0.15) is 11.1 Å². The normalized spacial score (nSPS) is 16.6. The van der Waals surface area contributed by atoms with E-state index in [0.717, 1.165) is 218 Å². The molecule has 6 rings (SSSR count). The predicted octanol–water partition coefficient (Wildman–Crippen LogP) is 21.3. The highest BCUT2D eigenvalue weighted by atomic mass is 32.1. The Balaban J connectivity index is 0.000000431. The van der Waals surface area contributed by atoms with Crippen LogP contribution in [0.2, 0.25) is 0 Å². The Bertz CT molecular complexity index is 4230. The minimum atomic E-state index is -1.17. The Morgan fingerprint density at radius 2 is 0.868 bits per heavy atom. The number of carbonyl (C=O) groups is 12. The van der Waals surface area contributed by atoms with E-state index in [2.05, 4.69) is 92.9 Å². The minimum absolute atomic E-state index is 0.00425. The quantitative estimate of drug-likeness (QED) is 0.0292. The van der Waals surface area contributed by atoms with Gasteiger partial charge in [0.15, 0.2) is 10.3 Å². The number of imide groups is 6. The Labute approximate surface area is 733 Å². The van der Waals surface area contributed by atoms with Gasteiger partial charge in [-0.25, -0.2) is 9.97 Å². The number of hydrazine groups is 2. The van der Waals surface area contributed by atoms with E-state index in [9.17, 15) is 52.7 Å². The van der Waals surface area contributed by atoms with E-state index in [0.29, 0.717) is 61.4 Å². The second-order valence-corrected chi connectivity index (χ2v) is 39.7. The van der Waals surface area contributed by atoms with Crippen molar-refractivity contribution in [2.75, 3.05) is 36.0 Å². The third-order valence-corrected chi connectivity index (χ3v) is 26.3. The van der Waals surface area contributed by atoms with Gasteiger partial charge in [0.05, 0.1) is 21.1 Å². The third-order valence-electron chi connectivity index (χ3n) is 24.2. The van der Waals surface area contributed by atoms with Gasteiger partial charge in [-0.2, -0.15) is 20.0 Å². The summed E-state index contributed by atoms with van der Waals surface area (Å²) >= 11 is 3.02. The van der Waals surface area contributed by atoms with Crippen molar-refractivity contribution >= 4 is 116 Å². The summed E-state index contributed by atoms with van der Waals surface area (Å²) in [4.78, 5) is 190. The Hall–Kier alpha value is -8.12. The average Bonchev–Trinajstić information content (AvgIpc) is 1.40. The van der Waals surface area contributed by atoms with Crippen LogP contribution >= 0.6 is 22.7 Å². The topological polar surface area (TPSA) is 257 Å². The highest BCUT2D eigenvalue weighted by molar-refractivity contribution is 7.17. The second-order valence-electron chi connectivity index (χ2n) is 37.7. The molecule has 1 fully saturated rings. The monoisotopic (exact) mass is 1710 g/mol. The number of aromatic nitrogens is 2. The van der Waals surface area contributed by atoms with Crippen molar-refractivity contribution in [3.63, 3.8) is 0 Å². The lowest BCUT2D eigenvalue weighted by molar-refractivity contribution is -0.180. The van der Waals surface area contributed by atoms with Crippen molar-refractivity contribution in [2.45, 2.75) is 369 Å². The Morgan fingerprint density at radius 1 is 0.479 bits per heavy atom. The molecular weight excluding hydrogens is 1560 g/mol. The van der Waals surface area contributed by atoms with E-state index in [1.165, 1.54) is 55.6 Å². The first-order chi connectivity index (χ1) is 56.7. The molecule has 3 aromatic rings. The van der Waals surface area contributed by atoms with Gasteiger partial charge in [-0.3, -0.25) is 67.3 Å². The van der Waals surface area contributed by atoms with Gasteiger partial charge in [0.2, 0.25) is 23.6 Å². The van der Waals surface area contributed by atoms with E-state index in [1.54, 1.807) is 92.7 Å². The molecule has 4 unspecified atom stereocenters. The molecule has 22 nitrogen and oxygen atoms in total. The fourth-order valence-electron chi connectivity index (χ4n) is 16.5. The van der Waals surface area contributed by atoms with Crippen LogP contribution in [0.5, 0.6) is 0 Å². The molecule has 121 heavy (non-hydrogen) atoms. The second kappa shape index (κ2) is 46.0. The molecule has 672 valence electrons. The average molecular weight is 1710 g/mol. The van der Waals surface area contributed by atoms with E-state index in [1.807, 2.05) is 6.92 Å². The number of carbonyl (C=O) groups excluding carboxylic acids is 12. The van der Waals surface area contributed by atoms with Crippen LogP contribution in [0.25, 0.3) is 12.2 Å². The summed E-state index contributed by atoms with van der Waals surface area (Å²) < 4.78 is 0. The zero-order chi connectivity index (χ0) is 91.1. The smallest absolute Gasteiger partial charge is 0.286 e. The first-order valence-corrected chi connectivity index (χ1v) is 47.0. The standard InChI is InChI=1S/C50H75N5O6S.C47H75N5O6S/c1-14-20-26-36(17-4)32-52(33-37(18-5)27-21-15-2)48-51-43(50(12,13)19-6)41(62-48)31-40-39(30-22-16-3)42(46(60)53(34(7)56)49(9,10)11)47(61)55(45(40)59)54(35(8)57)44(58)38-28-24-23-25-29-38;1-15-19-24-34(17-3)29-49(30-35(18-4)25-20-16-2)44-48-39(47(14)26-22-21-23-27-47)37(59-44)28-36-31(5)38(41(56)50(32(6)53)46(11,12)13)42(57)52(40(36)55)51(33(7)54)43(58)45(8,9)10/h23-25,28-29,31,36-37H,14-22,26-27,30,32-33H2,1-13H3;28,34-35H,15-27,29-30H2,1-14H3/b40-31-;36-28-. The first-order valence-electron chi connectivity index (χ1n) is 45.4. The van der Waals surface area contributed by atoms with Crippen LogP contribution in [-0.2, 0) is 63.6 Å². The van der Waals surface area contributed by atoms with Crippen LogP contribution in [0.1, 0.15) is 379 Å². The molecule has 0 radical (unpaired) electrons. The van der Waals surface area contributed by atoms with Crippen molar-refractivity contribution in [1.29, 1.82) is 0 Å². The largest absolute Gasteiger partial charge is 0.348 e. The maximum atomic E-state index is 15.2. The maximum absolute atomic E-state index is 15.2. The molecule has 3 aliphatic rings. The molecule has 2 aliphatic heterocycles. The SMILES string of the molecule is CCCCC(CC)CN(CC(CC)CCCC)c1nc(C2(C)CCCCC2)c(/C=C2\C(=O)N(N(C(C)=O)C(=O)C(C)(C)C)C(=O)C(C(=O)N(C(C)=O)C(C)(C)C)=C2C)s1.CCCCC1=C(C(=O)N(C(C)=O)C(C)(C)C)C(=O)N(N(C(C)=O)C(=O)c2ccccc2)C(=O)/C1=C\c1sc(N(CC(CC)CCCC)CC(CC)CCCC)nc1C(C)(C)CC. The van der Waals surface area contributed by atoms with E-state index < -0.39 is 104 Å². The summed E-state index contributed by atoms with van der Waals surface area (Å²) in [7, 11) is 0. The molecule has 0 bridgehead atoms. The van der Waals surface area contributed by atoms with Gasteiger partial charge in [-0.1, -0.05) is 254 Å². The number of hydrogen-bond donors (Lipinski definition) is 0. The van der Waals surface area contributed by atoms with Crippen molar-refractivity contribution in [1.82, 2.24) is 39.8 Å². The number of thiazole rings is 2. The fraction of sp³-hybridized carbons (Fsp3) is 0.670. The lowest BCUT2D eigenvalue weighted by Crippen LogP contribution is -2.61. The number of hydrogen-bond acceptors (Lipinski definition) is 18. The highest BCUT2D eigenvalue weighted by Crippen LogP contribution is 2.47. The molecule has 0 N–H and O–H groups in total. The van der Waals surface area contributed by atoms with Crippen molar-refractivity contribution < 1.29 is 57.5 Å². The summed E-state index contributed by atoms with van der Waals surface area (Å²) in [5, 5.41) is 3.83. The van der Waals surface area contributed by atoms with Gasteiger partial charge < -0.3 is 9.80 Å². The van der Waals surface area contributed by atoms with Gasteiger partial charge in [0.25, 0.3) is 47.3 Å². The number of unbranched alkanes of at least 4 members (excludes halogenated alkanes) is 5. The van der Waals surface area contributed by atoms with Crippen molar-refractivity contribution in [3.05, 3.63) is 90.5 Å². The molecule has 1 aliphatic carbocycles. The van der Waals surface area contributed by atoms with Gasteiger partial charge in [-0.05, 0) is 165 Å². The van der Waals surface area contributed by atoms with Gasteiger partial charge >= 0.3 is 0 Å². The maximum Gasteiger partial charge on any atom is 0.286 e. The van der Waals surface area contributed by atoms with Crippen LogP contribution in [0.15, 0.2) is 63.8 Å². The van der Waals surface area contributed by atoms with E-state index in [-0.39, 0.29) is 39.7 Å². The number of benzene rings is 1. The summed E-state index contributed by atoms with van der Waals surface area (Å²) in [6.07, 6.45) is 28.4. The van der Waals surface area contributed by atoms with E-state index in [4.69, 9.17) is 9.97 Å². The number of nitrogens with zero attached hydrogens (tertiary/aromatic N) is 10. The molecule has 0 spiro atoms. The van der Waals surface area contributed by atoms with Crippen LogP contribution in [0.4, 0.5) is 10.3 Å². The first kappa shape index (κ1) is 103. The number of amides is 12. The molecule has 1 aromatic carbocycles. The van der Waals surface area contributed by atoms with Crippen LogP contribution < -0.4 is 9.80 Å². The Kier molecular flexibility index (Phi) is 39.3. The van der Waals surface area contributed by atoms with Crippen molar-refractivity contribution in [3.8, 4) is 0 Å². The molecule has 2 aromatic heterocycles. The molecule has 4 heterocycles. The number of anilines is 2. The zero-order valence-corrected chi connectivity index (χ0v) is 80.7. The van der Waals surface area contributed by atoms with Crippen LogP contribution in [0.3, 0.4) is 0 Å². The molecule has 1 saturated carbocycles. The van der Waals surface area contributed by atoms with Crippen LogP contribution in [-0.4, -0.2) is 148 Å². The summed E-state index contributed by atoms with van der Waals surface area (Å²) in [5.41, 5.74) is -2.91. The van der Waals surface area contributed by atoms with Gasteiger partial charge in [0, 0.05) is 97.9 Å². The highest BCUT2D eigenvalue weighted by Gasteiger charge is 2.52. The summed E-state index contributed by atoms with van der Waals surface area (Å²) in [6, 6.07) is 7.91. The molecule has 12 amide bonds. The van der Waals surface area contributed by atoms with Gasteiger partial charge in [-0.15, -0.1) is 0 Å². The lowest BCUT2D eigenvalue weighted by Gasteiger charge is -2.39. The molecule has 4 atom stereocenters. The van der Waals surface area contributed by atoms with E-state index >= 15 is 4.79 Å². The molecule has 24 heteroatoms. The predicted molar refractivity (Wildman–Crippen MR) is 489 cm³/mol.